The molecule has 0 amide bonds. The van der Waals surface area contributed by atoms with E-state index in [4.69, 9.17) is 10.5 Å². The smallest absolute Gasteiger partial charge is 0.152 e. The van der Waals surface area contributed by atoms with E-state index in [1.165, 1.54) is 16.7 Å². The second-order valence-electron chi connectivity index (χ2n) is 7.52. The van der Waals surface area contributed by atoms with E-state index in [9.17, 15) is 4.79 Å². The van der Waals surface area contributed by atoms with Crippen molar-refractivity contribution >= 4 is 17.7 Å². The Morgan fingerprint density at radius 1 is 1.00 bits per heavy atom. The Hall–Kier alpha value is -3.15. The van der Waals surface area contributed by atoms with E-state index in [0.29, 0.717) is 16.9 Å². The highest BCUT2D eigenvalue weighted by Gasteiger charge is 2.14. The monoisotopic (exact) mass is 401 g/mol. The molecule has 4 rings (SSSR count). The zero-order valence-corrected chi connectivity index (χ0v) is 17.2. The van der Waals surface area contributed by atoms with Crippen LogP contribution in [0.5, 0.6) is 0 Å². The molecule has 1 aliphatic rings. The van der Waals surface area contributed by atoms with E-state index >= 15 is 0 Å². The molecule has 5 nitrogen and oxygen atoms in total. The van der Waals surface area contributed by atoms with Crippen LogP contribution < -0.4 is 11.1 Å². The summed E-state index contributed by atoms with van der Waals surface area (Å²) in [6.07, 6.45) is 0.835. The predicted octanol–water partition coefficient (Wildman–Crippen LogP) is 4.29. The third-order valence-corrected chi connectivity index (χ3v) is 5.62. The fraction of sp³-hybridized carbons (Fsp3) is 0.240. The average molecular weight is 402 g/mol. The maximum absolute atomic E-state index is 11.5. The van der Waals surface area contributed by atoms with Crippen molar-refractivity contribution in [2.75, 3.05) is 44.4 Å². The molecule has 0 aliphatic carbocycles. The zero-order valence-electron chi connectivity index (χ0n) is 17.2. The molecule has 0 bridgehead atoms. The van der Waals surface area contributed by atoms with Gasteiger partial charge in [0.05, 0.1) is 24.6 Å². The Bertz CT molecular complexity index is 1030. The number of nitrogens with two attached hydrogens (primary N) is 1. The number of anilines is 2. The van der Waals surface area contributed by atoms with E-state index in [-0.39, 0.29) is 0 Å². The summed E-state index contributed by atoms with van der Waals surface area (Å²) in [7, 11) is 1.77. The lowest BCUT2D eigenvalue weighted by Gasteiger charge is -2.27. The summed E-state index contributed by atoms with van der Waals surface area (Å²) in [5, 5.41) is 3.00. The summed E-state index contributed by atoms with van der Waals surface area (Å²) in [5.74, 6) is 0. The first-order valence-electron chi connectivity index (χ1n) is 10.2. The number of hydrogen-bond acceptors (Lipinski definition) is 5. The molecule has 1 aliphatic heterocycles. The van der Waals surface area contributed by atoms with Gasteiger partial charge in [-0.15, -0.1) is 0 Å². The molecule has 0 aromatic heterocycles. The van der Waals surface area contributed by atoms with Gasteiger partial charge in [-0.1, -0.05) is 48.5 Å². The van der Waals surface area contributed by atoms with Gasteiger partial charge in [0.2, 0.25) is 0 Å². The van der Waals surface area contributed by atoms with Crippen LogP contribution in [0.4, 0.5) is 11.4 Å². The van der Waals surface area contributed by atoms with Crippen LogP contribution >= 0.6 is 0 Å². The molecule has 1 fully saturated rings. The molecule has 3 aromatic rings. The fourth-order valence-corrected chi connectivity index (χ4v) is 4.02. The predicted molar refractivity (Wildman–Crippen MR) is 123 cm³/mol. The molecule has 0 saturated carbocycles. The number of ether oxygens (including phenoxy) is 1. The van der Waals surface area contributed by atoms with Gasteiger partial charge in [0.15, 0.2) is 6.29 Å². The number of nitrogens with zero attached hydrogens (tertiary/aromatic N) is 1. The molecule has 154 valence electrons. The molecular weight excluding hydrogens is 374 g/mol. The maximum Gasteiger partial charge on any atom is 0.152 e. The number of nitrogens with one attached hydrogen (secondary N) is 1. The number of carbonyl (C=O) groups excluding carboxylic acids is 1. The first-order chi connectivity index (χ1) is 14.7. The Morgan fingerprint density at radius 3 is 2.40 bits per heavy atom. The van der Waals surface area contributed by atoms with Crippen molar-refractivity contribution < 1.29 is 9.53 Å². The first-order valence-corrected chi connectivity index (χ1v) is 10.2. The third-order valence-electron chi connectivity index (χ3n) is 5.62. The van der Waals surface area contributed by atoms with E-state index < -0.39 is 0 Å². The second-order valence-corrected chi connectivity index (χ2v) is 7.52. The molecule has 0 atom stereocenters. The summed E-state index contributed by atoms with van der Waals surface area (Å²) in [6.45, 7) is 4.46. The average Bonchev–Trinajstić information content (AvgIpc) is 2.79. The van der Waals surface area contributed by atoms with Crippen LogP contribution in [0.15, 0.2) is 60.7 Å². The number of aldehydes is 1. The summed E-state index contributed by atoms with van der Waals surface area (Å²) in [4.78, 5) is 13.9. The molecular formula is C25H27N3O2. The Morgan fingerprint density at radius 2 is 1.70 bits per heavy atom. The van der Waals surface area contributed by atoms with E-state index in [2.05, 4.69) is 58.7 Å². The number of hydrogen-bond donors (Lipinski definition) is 2. The lowest BCUT2D eigenvalue weighted by atomic mass is 9.95. The minimum absolute atomic E-state index is 0.562. The van der Waals surface area contributed by atoms with Crippen molar-refractivity contribution in [3.05, 3.63) is 71.8 Å². The van der Waals surface area contributed by atoms with Crippen LogP contribution in [-0.4, -0.2) is 44.5 Å². The number of nitrogen functional groups attached to an aromatic ring is 1. The van der Waals surface area contributed by atoms with E-state index in [1.54, 1.807) is 7.05 Å². The van der Waals surface area contributed by atoms with Gasteiger partial charge in [-0.05, 0) is 39.9 Å². The topological polar surface area (TPSA) is 67.6 Å². The highest BCUT2D eigenvalue weighted by molar-refractivity contribution is 5.93. The molecule has 3 N–H and O–H groups in total. The summed E-state index contributed by atoms with van der Waals surface area (Å²) in [5.41, 5.74) is 13.6. The van der Waals surface area contributed by atoms with Crippen LogP contribution in [0.25, 0.3) is 22.3 Å². The summed E-state index contributed by atoms with van der Waals surface area (Å²) < 4.78 is 5.47. The van der Waals surface area contributed by atoms with Crippen molar-refractivity contribution in [3.63, 3.8) is 0 Å². The SMILES string of the molecule is CNc1c(N)cc(-c2ccc(-c3ccccc3CN3CCOCC3)cc2)cc1C=O. The van der Waals surface area contributed by atoms with Crippen molar-refractivity contribution in [1.82, 2.24) is 4.90 Å². The Kier molecular flexibility index (Phi) is 6.12. The van der Waals surface area contributed by atoms with Gasteiger partial charge in [-0.3, -0.25) is 9.69 Å². The maximum atomic E-state index is 11.5. The Labute approximate surface area is 177 Å². The third kappa shape index (κ3) is 4.22. The van der Waals surface area contributed by atoms with Gasteiger partial charge in [0, 0.05) is 32.2 Å². The van der Waals surface area contributed by atoms with Crippen LogP contribution in [-0.2, 0) is 11.3 Å². The van der Waals surface area contributed by atoms with Crippen LogP contribution in [0, 0.1) is 0 Å². The van der Waals surface area contributed by atoms with Gasteiger partial charge in [-0.2, -0.15) is 0 Å². The number of morpholine rings is 1. The van der Waals surface area contributed by atoms with Gasteiger partial charge >= 0.3 is 0 Å². The van der Waals surface area contributed by atoms with E-state index in [0.717, 1.165) is 50.3 Å². The number of carbonyl (C=O) groups is 1. The second kappa shape index (κ2) is 9.11. The van der Waals surface area contributed by atoms with Gasteiger partial charge in [0.25, 0.3) is 0 Å². The Balaban J connectivity index is 1.62. The van der Waals surface area contributed by atoms with Crippen LogP contribution in [0.1, 0.15) is 15.9 Å². The van der Waals surface area contributed by atoms with Gasteiger partial charge < -0.3 is 15.8 Å². The summed E-state index contributed by atoms with van der Waals surface area (Å²) >= 11 is 0. The number of benzene rings is 3. The molecule has 3 aromatic carbocycles. The molecule has 1 saturated heterocycles. The molecule has 1 heterocycles. The number of rotatable bonds is 6. The molecule has 30 heavy (non-hydrogen) atoms. The molecule has 0 radical (unpaired) electrons. The molecule has 0 spiro atoms. The van der Waals surface area contributed by atoms with Crippen molar-refractivity contribution in [1.29, 1.82) is 0 Å². The molecule has 5 heteroatoms. The first kappa shape index (κ1) is 20.1. The van der Waals surface area contributed by atoms with Gasteiger partial charge in [-0.25, -0.2) is 0 Å². The minimum Gasteiger partial charge on any atom is -0.397 e. The lowest BCUT2D eigenvalue weighted by molar-refractivity contribution is 0.0342. The van der Waals surface area contributed by atoms with Crippen molar-refractivity contribution in [2.24, 2.45) is 0 Å². The minimum atomic E-state index is 0.562. The van der Waals surface area contributed by atoms with E-state index in [1.807, 2.05) is 12.1 Å². The highest BCUT2D eigenvalue weighted by Crippen LogP contribution is 2.32. The standard InChI is InChI=1S/C25H27N3O2/c1-27-25-22(17-29)14-21(15-24(25)26)18-6-8-19(9-7-18)23-5-3-2-4-20(23)16-28-10-12-30-13-11-28/h2-9,14-15,17,27H,10-13,16,26H2,1H3. The quantitative estimate of drug-likeness (QED) is 0.476. The van der Waals surface area contributed by atoms with Crippen LogP contribution in [0.2, 0.25) is 0 Å². The molecule has 0 unspecified atom stereocenters. The largest absolute Gasteiger partial charge is 0.397 e. The van der Waals surface area contributed by atoms with Gasteiger partial charge in [0.1, 0.15) is 0 Å². The van der Waals surface area contributed by atoms with Crippen molar-refractivity contribution in [2.45, 2.75) is 6.54 Å². The zero-order chi connectivity index (χ0) is 20.9. The normalized spacial score (nSPS) is 14.4. The lowest BCUT2D eigenvalue weighted by Crippen LogP contribution is -2.35. The fourth-order valence-electron chi connectivity index (χ4n) is 4.02. The van der Waals surface area contributed by atoms with Crippen molar-refractivity contribution in [3.8, 4) is 22.3 Å². The summed E-state index contributed by atoms with van der Waals surface area (Å²) in [6, 6.07) is 20.8. The van der Waals surface area contributed by atoms with Crippen LogP contribution in [0.3, 0.4) is 0 Å². The highest BCUT2D eigenvalue weighted by atomic mass is 16.5.